The highest BCUT2D eigenvalue weighted by atomic mass is 16.1. The maximum atomic E-state index is 11.1. The molecule has 1 aromatic heterocycles. The third kappa shape index (κ3) is 1.06. The number of nitrogens with one attached hydrogen (secondary N) is 1. The first-order valence-electron chi connectivity index (χ1n) is 4.58. The Morgan fingerprint density at radius 3 is 3.13 bits per heavy atom. The highest BCUT2D eigenvalue weighted by Crippen LogP contribution is 2.11. The van der Waals surface area contributed by atoms with E-state index in [4.69, 9.17) is 5.73 Å². The van der Waals surface area contributed by atoms with E-state index in [9.17, 15) is 4.79 Å². The van der Waals surface area contributed by atoms with Gasteiger partial charge in [0, 0.05) is 22.9 Å². The first kappa shape index (κ1) is 8.16. The minimum Gasteiger partial charge on any atom is -0.366 e. The second kappa shape index (κ2) is 2.66. The fourth-order valence-electron chi connectivity index (χ4n) is 1.86. The quantitative estimate of drug-likeness (QED) is 0.582. The van der Waals surface area contributed by atoms with Crippen LogP contribution < -0.4 is 16.6 Å². The number of nitrogens with zero attached hydrogens (tertiary/aromatic N) is 2. The molecular weight excluding hydrogens is 192 g/mol. The number of primary amides is 1. The molecule has 1 aromatic rings. The molecule has 5 heteroatoms. The van der Waals surface area contributed by atoms with E-state index < -0.39 is 0 Å². The van der Waals surface area contributed by atoms with Crippen molar-refractivity contribution in [2.75, 3.05) is 0 Å². The first-order chi connectivity index (χ1) is 7.25. The molecule has 1 aliphatic heterocycles. The predicted octanol–water partition coefficient (Wildman–Crippen LogP) is -1.27. The summed E-state index contributed by atoms with van der Waals surface area (Å²) in [5.41, 5.74) is 8.63. The Morgan fingerprint density at radius 2 is 2.33 bits per heavy atom. The number of hydrogen-bond acceptors (Lipinski definition) is 3. The third-order valence-corrected chi connectivity index (χ3v) is 2.64. The van der Waals surface area contributed by atoms with Crippen LogP contribution in [0.25, 0.3) is 6.08 Å². The maximum Gasteiger partial charge on any atom is 0.244 e. The molecule has 0 saturated carbocycles. The van der Waals surface area contributed by atoms with Gasteiger partial charge in [0.2, 0.25) is 5.91 Å². The summed E-state index contributed by atoms with van der Waals surface area (Å²) >= 11 is 0. The molecule has 3 N–H and O–H groups in total. The van der Waals surface area contributed by atoms with Crippen molar-refractivity contribution in [1.29, 1.82) is 0 Å². The number of aromatic nitrogens is 1. The van der Waals surface area contributed by atoms with E-state index in [0.717, 1.165) is 22.0 Å². The molecule has 1 aliphatic carbocycles. The van der Waals surface area contributed by atoms with Gasteiger partial charge in [0.05, 0.1) is 6.21 Å². The molecule has 3 rings (SSSR count). The lowest BCUT2D eigenvalue weighted by Crippen LogP contribution is -2.22. The molecular formula is C10H8N4O. The lowest BCUT2D eigenvalue weighted by Gasteiger charge is -2.05. The average molecular weight is 200 g/mol. The fourth-order valence-corrected chi connectivity index (χ4v) is 1.86. The van der Waals surface area contributed by atoms with Gasteiger partial charge in [0.15, 0.2) is 5.49 Å². The Bertz CT molecular complexity index is 633. The normalized spacial score (nSPS) is 16.1. The molecule has 5 nitrogen and oxygen atoms in total. The zero-order chi connectivity index (χ0) is 10.4. The summed E-state index contributed by atoms with van der Waals surface area (Å²) in [7, 11) is 0. The van der Waals surface area contributed by atoms with Gasteiger partial charge in [-0.15, -0.1) is 5.10 Å². The summed E-state index contributed by atoms with van der Waals surface area (Å²) in [6.07, 6.45) is 5.84. The number of amides is 1. The summed E-state index contributed by atoms with van der Waals surface area (Å²) < 4.78 is 0. The summed E-state index contributed by atoms with van der Waals surface area (Å²) in [5.74, 6) is -0.376. The van der Waals surface area contributed by atoms with Gasteiger partial charge in [-0.3, -0.25) is 4.79 Å². The number of carbonyl (C=O) groups is 1. The Kier molecular flexibility index (Phi) is 1.45. The second-order valence-corrected chi connectivity index (χ2v) is 3.52. The van der Waals surface area contributed by atoms with Gasteiger partial charge >= 0.3 is 0 Å². The van der Waals surface area contributed by atoms with Crippen LogP contribution in [0.1, 0.15) is 11.1 Å². The van der Waals surface area contributed by atoms with E-state index in [-0.39, 0.29) is 5.91 Å². The monoisotopic (exact) mass is 200 g/mol. The number of carbonyl (C=O) groups excluding carboxylic acids is 1. The third-order valence-electron chi connectivity index (χ3n) is 2.64. The van der Waals surface area contributed by atoms with Crippen LogP contribution in [0.5, 0.6) is 0 Å². The lowest BCUT2D eigenvalue weighted by atomic mass is 9.99. The van der Waals surface area contributed by atoms with Gasteiger partial charge in [-0.25, -0.2) is 0 Å². The van der Waals surface area contributed by atoms with E-state index in [2.05, 4.69) is 15.2 Å². The Labute approximate surface area is 84.7 Å². The average Bonchev–Trinajstić information content (AvgIpc) is 2.75. The highest BCUT2D eigenvalue weighted by molar-refractivity contribution is 5.95. The maximum absolute atomic E-state index is 11.1. The highest BCUT2D eigenvalue weighted by Gasteiger charge is 2.17. The van der Waals surface area contributed by atoms with Crippen molar-refractivity contribution < 1.29 is 4.79 Å². The van der Waals surface area contributed by atoms with Crippen LogP contribution in [0.4, 0.5) is 0 Å². The van der Waals surface area contributed by atoms with E-state index >= 15 is 0 Å². The number of hydrogen-bond donors (Lipinski definition) is 2. The zero-order valence-electron chi connectivity index (χ0n) is 7.82. The van der Waals surface area contributed by atoms with Crippen LogP contribution in [0.3, 0.4) is 0 Å². The molecule has 0 unspecified atom stereocenters. The van der Waals surface area contributed by atoms with Crippen molar-refractivity contribution >= 4 is 18.2 Å². The van der Waals surface area contributed by atoms with Crippen LogP contribution in [-0.4, -0.2) is 17.1 Å². The van der Waals surface area contributed by atoms with Gasteiger partial charge in [-0.05, 0) is 11.6 Å². The predicted molar refractivity (Wildman–Crippen MR) is 54.6 cm³/mol. The second-order valence-electron chi connectivity index (χ2n) is 3.52. The molecule has 1 amide bonds. The molecule has 2 aliphatic rings. The Balaban J connectivity index is 2.21. The molecule has 0 spiro atoms. The molecule has 0 radical (unpaired) electrons. The van der Waals surface area contributed by atoms with Gasteiger partial charge in [-0.2, -0.15) is 5.10 Å². The summed E-state index contributed by atoms with van der Waals surface area (Å²) in [4.78, 5) is 14.2. The van der Waals surface area contributed by atoms with E-state index in [1.807, 2.05) is 6.08 Å². The van der Waals surface area contributed by atoms with E-state index in [0.29, 0.717) is 12.0 Å². The molecule has 0 fully saturated rings. The molecule has 0 saturated heterocycles. The van der Waals surface area contributed by atoms with Gasteiger partial charge in [0.25, 0.3) is 0 Å². The number of allylic oxidation sites excluding steroid dienone is 1. The molecule has 74 valence electrons. The number of aromatic amines is 1. The standard InChI is InChI=1S/C10H8N4O/c11-9(15)5-1-2-8-6(3-5)7-4-12-14-10(7)13-8/h1-2,4H,3H2,(H2,11,15)(H,13,14). The number of fused-ring (bicyclic) bond motifs is 3. The molecule has 2 heterocycles. The van der Waals surface area contributed by atoms with Crippen LogP contribution in [0, 0.1) is 0 Å². The smallest absolute Gasteiger partial charge is 0.244 e. The molecule has 0 atom stereocenters. The van der Waals surface area contributed by atoms with Crippen LogP contribution in [0.15, 0.2) is 21.9 Å². The minimum atomic E-state index is -0.376. The van der Waals surface area contributed by atoms with Crippen LogP contribution in [-0.2, 0) is 11.2 Å². The van der Waals surface area contributed by atoms with Crippen molar-refractivity contribution in [2.45, 2.75) is 6.42 Å². The van der Waals surface area contributed by atoms with Crippen molar-refractivity contribution in [3.63, 3.8) is 0 Å². The van der Waals surface area contributed by atoms with Gasteiger partial charge in [0.1, 0.15) is 0 Å². The van der Waals surface area contributed by atoms with Gasteiger partial charge in [-0.1, -0.05) is 6.08 Å². The van der Waals surface area contributed by atoms with E-state index in [1.165, 1.54) is 0 Å². The summed E-state index contributed by atoms with van der Waals surface area (Å²) in [5, 5.41) is 8.72. The number of rotatable bonds is 1. The van der Waals surface area contributed by atoms with Crippen molar-refractivity contribution in [3.05, 3.63) is 33.6 Å². The lowest BCUT2D eigenvalue weighted by molar-refractivity contribution is -0.114. The minimum absolute atomic E-state index is 0.376. The van der Waals surface area contributed by atoms with Crippen molar-refractivity contribution in [1.82, 2.24) is 4.98 Å². The Hall–Kier alpha value is -2.17. The number of nitrogens with two attached hydrogens (primary N) is 1. The van der Waals surface area contributed by atoms with Crippen molar-refractivity contribution in [2.24, 2.45) is 15.9 Å². The number of H-pyrrole nitrogens is 1. The molecule has 0 aromatic carbocycles. The SMILES string of the molecule is NC(=O)C1=CC=c2[nH]c3c(c2C1)C=NN=3. The van der Waals surface area contributed by atoms with Crippen LogP contribution in [0.2, 0.25) is 0 Å². The van der Waals surface area contributed by atoms with Crippen LogP contribution >= 0.6 is 0 Å². The topological polar surface area (TPSA) is 83.6 Å². The largest absolute Gasteiger partial charge is 0.366 e. The first-order valence-corrected chi connectivity index (χ1v) is 4.58. The fraction of sp³-hybridized carbons (Fsp3) is 0.100. The summed E-state index contributed by atoms with van der Waals surface area (Å²) in [6.45, 7) is 0. The molecule has 15 heavy (non-hydrogen) atoms. The molecule has 0 bridgehead atoms. The Morgan fingerprint density at radius 1 is 1.47 bits per heavy atom. The zero-order valence-corrected chi connectivity index (χ0v) is 7.82. The summed E-state index contributed by atoms with van der Waals surface area (Å²) in [6, 6.07) is 0. The van der Waals surface area contributed by atoms with E-state index in [1.54, 1.807) is 12.3 Å². The van der Waals surface area contributed by atoms with Gasteiger partial charge < -0.3 is 10.7 Å². The van der Waals surface area contributed by atoms with Crippen molar-refractivity contribution in [3.8, 4) is 0 Å².